The van der Waals surface area contributed by atoms with Gasteiger partial charge in [-0.2, -0.15) is 0 Å². The van der Waals surface area contributed by atoms with Gasteiger partial charge < -0.3 is 23.7 Å². The quantitative estimate of drug-likeness (QED) is 0.661. The second kappa shape index (κ2) is 4.41. The SMILES string of the molecule is CC1(C)O[C@@H]2O[C@@H]3[C@@H](OC(=O)[C@H]3OC(=O)C(C)(C)C)[C@@H]2O1. The van der Waals surface area contributed by atoms with Gasteiger partial charge in [-0.15, -0.1) is 0 Å². The highest BCUT2D eigenvalue weighted by Crippen LogP contribution is 2.43. The van der Waals surface area contributed by atoms with E-state index < -0.39 is 53.8 Å². The van der Waals surface area contributed by atoms with Crippen LogP contribution in [0.4, 0.5) is 0 Å². The second-order valence-corrected chi connectivity index (χ2v) is 7.05. The minimum Gasteiger partial charge on any atom is -0.454 e. The topological polar surface area (TPSA) is 80.3 Å². The van der Waals surface area contributed by atoms with Gasteiger partial charge in [-0.1, -0.05) is 0 Å². The van der Waals surface area contributed by atoms with Crippen LogP contribution in [0, 0.1) is 5.41 Å². The molecule has 0 N–H and O–H groups in total. The molecule has 5 atom stereocenters. The molecule has 3 fully saturated rings. The van der Waals surface area contributed by atoms with Crippen molar-refractivity contribution in [3.05, 3.63) is 0 Å². The lowest BCUT2D eigenvalue weighted by Gasteiger charge is -2.23. The Labute approximate surface area is 122 Å². The normalized spacial score (nSPS) is 40.6. The summed E-state index contributed by atoms with van der Waals surface area (Å²) in [5.74, 6) is -1.87. The third kappa shape index (κ3) is 2.43. The van der Waals surface area contributed by atoms with Gasteiger partial charge in [0.25, 0.3) is 0 Å². The standard InChI is InChI=1S/C14H20O7/c1-13(2,3)12(16)19-8-6-7(17-10(8)15)9-11(18-6)21-14(4,5)20-9/h6-9,11H,1-5H3/t6-,7-,8+,9+,11+/m1/s1. The minimum absolute atomic E-state index is 0.479. The first-order valence-corrected chi connectivity index (χ1v) is 7.01. The van der Waals surface area contributed by atoms with Gasteiger partial charge in [-0.3, -0.25) is 4.79 Å². The van der Waals surface area contributed by atoms with E-state index in [4.69, 9.17) is 23.7 Å². The maximum Gasteiger partial charge on any atom is 0.350 e. The zero-order valence-corrected chi connectivity index (χ0v) is 12.7. The van der Waals surface area contributed by atoms with E-state index in [1.165, 1.54) is 0 Å². The van der Waals surface area contributed by atoms with Crippen LogP contribution >= 0.6 is 0 Å². The summed E-state index contributed by atoms with van der Waals surface area (Å²) in [6.45, 7) is 8.67. The number of carbonyl (C=O) groups excluding carboxylic acids is 2. The van der Waals surface area contributed by atoms with E-state index in [2.05, 4.69) is 0 Å². The van der Waals surface area contributed by atoms with E-state index in [1.54, 1.807) is 34.6 Å². The number of ether oxygens (including phenoxy) is 5. The molecule has 0 unspecified atom stereocenters. The molecule has 0 bridgehead atoms. The van der Waals surface area contributed by atoms with Gasteiger partial charge in [0.1, 0.15) is 6.10 Å². The fourth-order valence-corrected chi connectivity index (χ4v) is 2.62. The van der Waals surface area contributed by atoms with Gasteiger partial charge in [0, 0.05) is 0 Å². The first kappa shape index (κ1) is 14.7. The Bertz CT molecular complexity index is 478. The first-order valence-electron chi connectivity index (χ1n) is 7.01. The average molecular weight is 300 g/mol. The number of hydrogen-bond acceptors (Lipinski definition) is 7. The van der Waals surface area contributed by atoms with Crippen LogP contribution in [0.3, 0.4) is 0 Å². The van der Waals surface area contributed by atoms with Crippen molar-refractivity contribution in [2.75, 3.05) is 0 Å². The van der Waals surface area contributed by atoms with Crippen molar-refractivity contribution < 1.29 is 33.3 Å². The Morgan fingerprint density at radius 3 is 2.43 bits per heavy atom. The molecular weight excluding hydrogens is 280 g/mol. The molecule has 0 aliphatic carbocycles. The molecule has 0 aromatic rings. The molecule has 0 spiro atoms. The Kier molecular flexibility index (Phi) is 3.10. The predicted octanol–water partition coefficient (Wildman–Crippen LogP) is 0.746. The van der Waals surface area contributed by atoms with Gasteiger partial charge in [-0.05, 0) is 34.6 Å². The molecule has 0 aromatic carbocycles. The lowest BCUT2D eigenvalue weighted by molar-refractivity contribution is -0.217. The van der Waals surface area contributed by atoms with Crippen LogP contribution in [0.5, 0.6) is 0 Å². The van der Waals surface area contributed by atoms with Crippen LogP contribution in [0.15, 0.2) is 0 Å². The lowest BCUT2D eigenvalue weighted by atomic mass is 9.97. The molecule has 3 aliphatic rings. The number of fused-ring (bicyclic) bond motifs is 3. The maximum absolute atomic E-state index is 12.0. The highest BCUT2D eigenvalue weighted by Gasteiger charge is 2.64. The van der Waals surface area contributed by atoms with E-state index in [1.807, 2.05) is 0 Å². The average Bonchev–Trinajstić information content (AvgIpc) is 2.87. The first-order chi connectivity index (χ1) is 9.58. The molecule has 3 aliphatic heterocycles. The predicted molar refractivity (Wildman–Crippen MR) is 67.9 cm³/mol. The molecule has 0 saturated carbocycles. The number of hydrogen-bond donors (Lipinski definition) is 0. The van der Waals surface area contributed by atoms with Gasteiger partial charge in [0.2, 0.25) is 6.10 Å². The van der Waals surface area contributed by atoms with E-state index in [9.17, 15) is 9.59 Å². The molecule has 0 aromatic heterocycles. The molecule has 7 heteroatoms. The van der Waals surface area contributed by atoms with Crippen molar-refractivity contribution in [3.63, 3.8) is 0 Å². The highest BCUT2D eigenvalue weighted by atomic mass is 16.8. The molecule has 3 saturated heterocycles. The largest absolute Gasteiger partial charge is 0.454 e. The summed E-state index contributed by atoms with van der Waals surface area (Å²) in [4.78, 5) is 23.9. The Hall–Kier alpha value is -1.18. The van der Waals surface area contributed by atoms with Gasteiger partial charge >= 0.3 is 11.9 Å². The summed E-state index contributed by atoms with van der Waals surface area (Å²) in [5, 5.41) is 0. The smallest absolute Gasteiger partial charge is 0.350 e. The summed E-state index contributed by atoms with van der Waals surface area (Å²) in [7, 11) is 0. The third-order valence-electron chi connectivity index (χ3n) is 3.66. The van der Waals surface area contributed by atoms with Crippen LogP contribution in [0.1, 0.15) is 34.6 Å². The van der Waals surface area contributed by atoms with Crippen LogP contribution < -0.4 is 0 Å². The molecule has 0 radical (unpaired) electrons. The molecule has 3 rings (SSSR count). The Morgan fingerprint density at radius 2 is 1.81 bits per heavy atom. The zero-order valence-electron chi connectivity index (χ0n) is 12.7. The van der Waals surface area contributed by atoms with Crippen LogP contribution in [-0.2, 0) is 33.3 Å². The molecule has 0 amide bonds. The Morgan fingerprint density at radius 1 is 1.14 bits per heavy atom. The Balaban J connectivity index is 1.73. The van der Waals surface area contributed by atoms with Gasteiger partial charge in [0.15, 0.2) is 24.3 Å². The summed E-state index contributed by atoms with van der Waals surface area (Å²) < 4.78 is 27.5. The van der Waals surface area contributed by atoms with Crippen molar-refractivity contribution in [3.8, 4) is 0 Å². The summed E-state index contributed by atoms with van der Waals surface area (Å²) in [5.41, 5.74) is -0.707. The van der Waals surface area contributed by atoms with Crippen LogP contribution in [-0.4, -0.2) is 48.4 Å². The minimum atomic E-state index is -1.07. The molecule has 7 nitrogen and oxygen atoms in total. The lowest BCUT2D eigenvalue weighted by Crippen LogP contribution is -2.39. The monoisotopic (exact) mass is 300 g/mol. The van der Waals surface area contributed by atoms with E-state index in [-0.39, 0.29) is 0 Å². The maximum atomic E-state index is 12.0. The van der Waals surface area contributed by atoms with E-state index in [0.29, 0.717) is 0 Å². The fraction of sp³-hybridized carbons (Fsp3) is 0.857. The van der Waals surface area contributed by atoms with Crippen LogP contribution in [0.2, 0.25) is 0 Å². The van der Waals surface area contributed by atoms with Crippen molar-refractivity contribution in [2.24, 2.45) is 5.41 Å². The number of rotatable bonds is 1. The number of carbonyl (C=O) groups is 2. The molecule has 118 valence electrons. The summed E-state index contributed by atoms with van der Waals surface area (Å²) >= 11 is 0. The van der Waals surface area contributed by atoms with Crippen molar-refractivity contribution >= 4 is 11.9 Å². The number of esters is 2. The third-order valence-corrected chi connectivity index (χ3v) is 3.66. The van der Waals surface area contributed by atoms with E-state index >= 15 is 0 Å². The van der Waals surface area contributed by atoms with Crippen molar-refractivity contribution in [2.45, 2.75) is 71.1 Å². The van der Waals surface area contributed by atoms with Crippen molar-refractivity contribution in [1.82, 2.24) is 0 Å². The van der Waals surface area contributed by atoms with E-state index in [0.717, 1.165) is 0 Å². The molecule has 21 heavy (non-hydrogen) atoms. The summed E-state index contributed by atoms with van der Waals surface area (Å²) in [6, 6.07) is 0. The van der Waals surface area contributed by atoms with Crippen LogP contribution in [0.25, 0.3) is 0 Å². The highest BCUT2D eigenvalue weighted by molar-refractivity contribution is 5.84. The van der Waals surface area contributed by atoms with Gasteiger partial charge in [-0.25, -0.2) is 4.79 Å². The molecule has 3 heterocycles. The molecular formula is C14H20O7. The fourth-order valence-electron chi connectivity index (χ4n) is 2.62. The summed E-state index contributed by atoms with van der Waals surface area (Å²) in [6.07, 6.45) is -3.47. The van der Waals surface area contributed by atoms with Gasteiger partial charge in [0.05, 0.1) is 5.41 Å². The van der Waals surface area contributed by atoms with Crippen molar-refractivity contribution in [1.29, 1.82) is 0 Å². The zero-order chi connectivity index (χ0) is 15.6. The second-order valence-electron chi connectivity index (χ2n) is 7.05.